The van der Waals surface area contributed by atoms with Gasteiger partial charge in [-0.25, -0.2) is 4.79 Å². The number of phenols is 1. The van der Waals surface area contributed by atoms with Crippen molar-refractivity contribution in [1.82, 2.24) is 0 Å². The van der Waals surface area contributed by atoms with E-state index >= 15 is 0 Å². The van der Waals surface area contributed by atoms with E-state index in [1.54, 1.807) is 6.07 Å². The number of carboxylic acids is 1. The number of phenolic OH excluding ortho intramolecular Hbond substituents is 1. The lowest BCUT2D eigenvalue weighted by atomic mass is 9.86. The minimum atomic E-state index is -1.54. The maximum absolute atomic E-state index is 11.6. The van der Waals surface area contributed by atoms with Crippen LogP contribution in [0.5, 0.6) is 5.75 Å². The first-order valence-electron chi connectivity index (χ1n) is 5.33. The van der Waals surface area contributed by atoms with Crippen LogP contribution in [0.4, 0.5) is 0 Å². The molecule has 0 bridgehead atoms. The summed E-state index contributed by atoms with van der Waals surface area (Å²) in [4.78, 5) is 22.4. The molecule has 0 radical (unpaired) electrons. The number of hydrogen-bond acceptors (Lipinski definition) is 3. The number of halogens is 1. The molecule has 0 spiro atoms. The van der Waals surface area contributed by atoms with Crippen LogP contribution in [0.1, 0.15) is 34.3 Å². The Bertz CT molecular complexity index is 508. The van der Waals surface area contributed by atoms with Gasteiger partial charge >= 0.3 is 5.97 Å². The van der Waals surface area contributed by atoms with Gasteiger partial charge in [0.25, 0.3) is 5.78 Å². The average molecular weight is 299 g/mol. The second kappa shape index (κ2) is 4.49. The lowest BCUT2D eigenvalue weighted by molar-refractivity contribution is -0.131. The quantitative estimate of drug-likeness (QED) is 0.649. The van der Waals surface area contributed by atoms with E-state index < -0.39 is 11.8 Å². The van der Waals surface area contributed by atoms with Gasteiger partial charge in [0.15, 0.2) is 0 Å². The first-order chi connectivity index (χ1) is 8.02. The molecule has 5 heteroatoms. The van der Waals surface area contributed by atoms with E-state index in [-0.39, 0.29) is 11.3 Å². The molecule has 0 amide bonds. The molecular formula is C12H11BrO4. The molecule has 0 saturated heterocycles. The van der Waals surface area contributed by atoms with Gasteiger partial charge in [-0.2, -0.15) is 0 Å². The highest BCUT2D eigenvalue weighted by molar-refractivity contribution is 9.10. The molecule has 0 heterocycles. The van der Waals surface area contributed by atoms with Gasteiger partial charge in [0.1, 0.15) is 5.75 Å². The lowest BCUT2D eigenvalue weighted by Gasteiger charge is -2.20. The summed E-state index contributed by atoms with van der Waals surface area (Å²) >= 11 is 3.15. The van der Waals surface area contributed by atoms with Crippen LogP contribution in [-0.2, 0) is 17.6 Å². The maximum Gasteiger partial charge on any atom is 0.377 e. The normalized spacial score (nSPS) is 14.2. The first kappa shape index (κ1) is 12.1. The highest BCUT2D eigenvalue weighted by atomic mass is 79.9. The summed E-state index contributed by atoms with van der Waals surface area (Å²) in [5, 5.41) is 18.6. The second-order valence-corrected chi connectivity index (χ2v) is 4.92. The second-order valence-electron chi connectivity index (χ2n) is 4.06. The van der Waals surface area contributed by atoms with Gasteiger partial charge in [-0.15, -0.1) is 0 Å². The summed E-state index contributed by atoms with van der Waals surface area (Å²) < 4.78 is 0.378. The molecule has 1 aromatic carbocycles. The predicted octanol–water partition coefficient (Wildman–Crippen LogP) is 2.30. The minimum Gasteiger partial charge on any atom is -0.506 e. The van der Waals surface area contributed by atoms with Crippen LogP contribution in [0.15, 0.2) is 10.5 Å². The fraction of sp³-hybridized carbons (Fsp3) is 0.333. The third kappa shape index (κ3) is 2.07. The third-order valence-electron chi connectivity index (χ3n) is 3.00. The molecule has 0 aliphatic heterocycles. The molecule has 0 atom stereocenters. The molecule has 2 rings (SSSR count). The van der Waals surface area contributed by atoms with Crippen molar-refractivity contribution >= 4 is 27.7 Å². The Morgan fingerprint density at radius 3 is 2.53 bits per heavy atom. The Labute approximate surface area is 106 Å². The largest absolute Gasteiger partial charge is 0.506 e. The zero-order chi connectivity index (χ0) is 12.6. The van der Waals surface area contributed by atoms with Crippen LogP contribution in [0.2, 0.25) is 0 Å². The topological polar surface area (TPSA) is 74.6 Å². The Morgan fingerprint density at radius 1 is 1.24 bits per heavy atom. The van der Waals surface area contributed by atoms with Gasteiger partial charge in [-0.1, -0.05) is 0 Å². The molecule has 17 heavy (non-hydrogen) atoms. The fourth-order valence-corrected chi connectivity index (χ4v) is 2.68. The molecule has 0 saturated carbocycles. The van der Waals surface area contributed by atoms with Crippen LogP contribution < -0.4 is 0 Å². The van der Waals surface area contributed by atoms with E-state index in [1.807, 2.05) is 0 Å². The summed E-state index contributed by atoms with van der Waals surface area (Å²) in [6.45, 7) is 0. The molecule has 1 aliphatic carbocycles. The van der Waals surface area contributed by atoms with Gasteiger partial charge in [0, 0.05) is 0 Å². The van der Waals surface area contributed by atoms with Crippen LogP contribution in [0.3, 0.4) is 0 Å². The monoisotopic (exact) mass is 298 g/mol. The van der Waals surface area contributed by atoms with E-state index in [2.05, 4.69) is 15.9 Å². The van der Waals surface area contributed by atoms with Crippen LogP contribution in [0, 0.1) is 0 Å². The van der Waals surface area contributed by atoms with Crippen molar-refractivity contribution in [1.29, 1.82) is 0 Å². The van der Waals surface area contributed by atoms with Crippen molar-refractivity contribution in [3.05, 3.63) is 27.2 Å². The molecule has 0 aromatic heterocycles. The average Bonchev–Trinajstić information content (AvgIpc) is 2.30. The van der Waals surface area contributed by atoms with Crippen molar-refractivity contribution in [3.8, 4) is 5.75 Å². The highest BCUT2D eigenvalue weighted by Crippen LogP contribution is 2.36. The molecule has 2 N–H and O–H groups in total. The van der Waals surface area contributed by atoms with Gasteiger partial charge in [-0.3, -0.25) is 4.79 Å². The number of aryl methyl sites for hydroxylation is 1. The zero-order valence-electron chi connectivity index (χ0n) is 8.99. The summed E-state index contributed by atoms with van der Waals surface area (Å²) in [5.41, 5.74) is 1.58. The van der Waals surface area contributed by atoms with Crippen LogP contribution in [-0.4, -0.2) is 22.0 Å². The van der Waals surface area contributed by atoms with Crippen molar-refractivity contribution in [2.45, 2.75) is 25.7 Å². The van der Waals surface area contributed by atoms with Crippen molar-refractivity contribution < 1.29 is 19.8 Å². The van der Waals surface area contributed by atoms with Gasteiger partial charge in [0.2, 0.25) is 0 Å². The summed E-state index contributed by atoms with van der Waals surface area (Å²) in [6, 6.07) is 1.77. The van der Waals surface area contributed by atoms with E-state index in [0.29, 0.717) is 16.5 Å². The molecular weight excluding hydrogens is 288 g/mol. The molecule has 1 aliphatic rings. The summed E-state index contributed by atoms with van der Waals surface area (Å²) in [7, 11) is 0. The van der Waals surface area contributed by atoms with Crippen LogP contribution >= 0.6 is 15.9 Å². The number of carbonyl (C=O) groups is 2. The van der Waals surface area contributed by atoms with Gasteiger partial charge < -0.3 is 10.2 Å². The Balaban J connectivity index is 2.66. The fourth-order valence-electron chi connectivity index (χ4n) is 2.21. The number of Topliss-reactive ketones (excluding diaryl/α,β-unsaturated/α-hetero) is 1. The Hall–Kier alpha value is -1.36. The van der Waals surface area contributed by atoms with Gasteiger partial charge in [-0.05, 0) is 58.8 Å². The number of carboxylic acid groups (broad SMARTS) is 1. The number of fused-ring (bicyclic) bond motifs is 1. The number of ketones is 1. The maximum atomic E-state index is 11.6. The van der Waals surface area contributed by atoms with Gasteiger partial charge in [0.05, 0.1) is 10.0 Å². The summed E-state index contributed by atoms with van der Waals surface area (Å²) in [5.74, 6) is -2.84. The molecule has 1 aromatic rings. The smallest absolute Gasteiger partial charge is 0.377 e. The Kier molecular flexibility index (Phi) is 3.19. The van der Waals surface area contributed by atoms with Crippen LogP contribution in [0.25, 0.3) is 0 Å². The Morgan fingerprint density at radius 2 is 1.88 bits per heavy atom. The molecule has 0 unspecified atom stereocenters. The highest BCUT2D eigenvalue weighted by Gasteiger charge is 2.27. The van der Waals surface area contributed by atoms with Crippen molar-refractivity contribution in [2.75, 3.05) is 0 Å². The standard InChI is InChI=1S/C12H11BrO4/c13-8-5-6-3-1-2-4-7(6)9(10(8)14)11(15)12(16)17/h5,14H,1-4H2,(H,16,17). The minimum absolute atomic E-state index is 0.0541. The molecule has 0 fully saturated rings. The number of aliphatic carboxylic acids is 1. The van der Waals surface area contributed by atoms with Crippen molar-refractivity contribution in [3.63, 3.8) is 0 Å². The van der Waals surface area contributed by atoms with Crippen molar-refractivity contribution in [2.24, 2.45) is 0 Å². The lowest BCUT2D eigenvalue weighted by Crippen LogP contribution is -2.18. The van der Waals surface area contributed by atoms with E-state index in [9.17, 15) is 14.7 Å². The molecule has 90 valence electrons. The molecule has 4 nitrogen and oxygen atoms in total. The third-order valence-corrected chi connectivity index (χ3v) is 3.60. The van der Waals surface area contributed by atoms with E-state index in [0.717, 1.165) is 24.8 Å². The summed E-state index contributed by atoms with van der Waals surface area (Å²) in [6.07, 6.45) is 3.39. The number of carbonyl (C=O) groups excluding carboxylic acids is 1. The SMILES string of the molecule is O=C(O)C(=O)c1c(O)c(Br)cc2c1CCCC2. The number of hydrogen-bond donors (Lipinski definition) is 2. The number of benzene rings is 1. The van der Waals surface area contributed by atoms with E-state index in [4.69, 9.17) is 5.11 Å². The predicted molar refractivity (Wildman–Crippen MR) is 64.4 cm³/mol. The first-order valence-corrected chi connectivity index (χ1v) is 6.12. The number of rotatable bonds is 2. The zero-order valence-corrected chi connectivity index (χ0v) is 10.6. The number of aromatic hydroxyl groups is 1. The van der Waals surface area contributed by atoms with E-state index in [1.165, 1.54) is 0 Å².